The van der Waals surface area contributed by atoms with E-state index in [0.29, 0.717) is 0 Å². The van der Waals surface area contributed by atoms with Crippen LogP contribution in [0.2, 0.25) is 0 Å². The van der Waals surface area contributed by atoms with Gasteiger partial charge in [-0.3, -0.25) is 0 Å². The van der Waals surface area contributed by atoms with E-state index in [1.54, 1.807) is 17.8 Å². The number of terminal acetylenes is 1. The van der Waals surface area contributed by atoms with Crippen LogP contribution in [0.5, 0.6) is 0 Å². The average Bonchev–Trinajstić information content (AvgIpc) is 1.84. The van der Waals surface area contributed by atoms with Gasteiger partial charge >= 0.3 is 0 Å². The van der Waals surface area contributed by atoms with Gasteiger partial charge in [-0.05, 0) is 6.08 Å². The maximum absolute atomic E-state index is 8.84. The van der Waals surface area contributed by atoms with E-state index in [0.717, 1.165) is 4.91 Å². The Morgan fingerprint density at radius 3 is 2.45 bits per heavy atom. The standard InChI is InChI=1S/C9H14OS/c1-5-6-8(7-10)11-9(2,3)4/h1,6,10H,7H2,2-4H3. The van der Waals surface area contributed by atoms with Gasteiger partial charge in [-0.15, -0.1) is 18.2 Å². The van der Waals surface area contributed by atoms with E-state index in [-0.39, 0.29) is 11.4 Å². The van der Waals surface area contributed by atoms with Crippen molar-refractivity contribution in [3.05, 3.63) is 11.0 Å². The molecule has 0 saturated heterocycles. The van der Waals surface area contributed by atoms with Gasteiger partial charge < -0.3 is 5.11 Å². The second-order valence-corrected chi connectivity index (χ2v) is 5.10. The minimum atomic E-state index is 0.0339. The van der Waals surface area contributed by atoms with Crippen molar-refractivity contribution in [1.29, 1.82) is 0 Å². The Hall–Kier alpha value is -0.390. The summed E-state index contributed by atoms with van der Waals surface area (Å²) < 4.78 is 0.116. The van der Waals surface area contributed by atoms with Crippen LogP contribution in [0.1, 0.15) is 20.8 Å². The molecule has 0 heterocycles. The molecular formula is C9H14OS. The topological polar surface area (TPSA) is 20.2 Å². The van der Waals surface area contributed by atoms with Crippen LogP contribution in [-0.2, 0) is 0 Å². The van der Waals surface area contributed by atoms with Gasteiger partial charge in [-0.25, -0.2) is 0 Å². The molecule has 0 aliphatic heterocycles. The third-order valence-corrected chi connectivity index (χ3v) is 1.96. The molecule has 0 amide bonds. The van der Waals surface area contributed by atoms with Crippen molar-refractivity contribution in [3.63, 3.8) is 0 Å². The molecule has 0 radical (unpaired) electrons. The second-order valence-electron chi connectivity index (χ2n) is 3.15. The number of aliphatic hydroxyl groups is 1. The Bertz CT molecular complexity index is 181. The van der Waals surface area contributed by atoms with Gasteiger partial charge in [0.25, 0.3) is 0 Å². The van der Waals surface area contributed by atoms with E-state index in [1.165, 1.54) is 0 Å². The molecule has 0 aliphatic rings. The molecule has 0 rings (SSSR count). The number of thioether (sulfide) groups is 1. The number of rotatable bonds is 2. The third kappa shape index (κ3) is 6.03. The molecule has 0 atom stereocenters. The molecule has 0 fully saturated rings. The van der Waals surface area contributed by atoms with Crippen molar-refractivity contribution in [2.45, 2.75) is 25.5 Å². The summed E-state index contributed by atoms with van der Waals surface area (Å²) in [5, 5.41) is 8.84. The first-order chi connectivity index (χ1) is 4.99. The lowest BCUT2D eigenvalue weighted by Crippen LogP contribution is -2.08. The third-order valence-electron chi connectivity index (χ3n) is 0.837. The minimum Gasteiger partial charge on any atom is -0.391 e. The first-order valence-corrected chi connectivity index (χ1v) is 4.26. The second kappa shape index (κ2) is 4.48. The number of aliphatic hydroxyl groups excluding tert-OH is 1. The van der Waals surface area contributed by atoms with Gasteiger partial charge in [0, 0.05) is 9.65 Å². The summed E-state index contributed by atoms with van der Waals surface area (Å²) in [7, 11) is 0. The molecule has 62 valence electrons. The van der Waals surface area contributed by atoms with Gasteiger partial charge in [0.2, 0.25) is 0 Å². The smallest absolute Gasteiger partial charge is 0.0747 e. The van der Waals surface area contributed by atoms with Crippen molar-refractivity contribution in [3.8, 4) is 12.3 Å². The fourth-order valence-electron chi connectivity index (χ4n) is 0.594. The Kier molecular flexibility index (Phi) is 4.32. The van der Waals surface area contributed by atoms with E-state index in [4.69, 9.17) is 11.5 Å². The van der Waals surface area contributed by atoms with Crippen LogP contribution < -0.4 is 0 Å². The number of hydrogen-bond acceptors (Lipinski definition) is 2. The predicted octanol–water partition coefficient (Wildman–Crippen LogP) is 2.03. The normalized spacial score (nSPS) is 12.8. The molecule has 0 aromatic carbocycles. The maximum Gasteiger partial charge on any atom is 0.0747 e. The zero-order valence-electron chi connectivity index (χ0n) is 7.22. The van der Waals surface area contributed by atoms with Crippen molar-refractivity contribution in [2.75, 3.05) is 6.61 Å². The molecule has 0 aliphatic carbocycles. The van der Waals surface area contributed by atoms with Crippen LogP contribution >= 0.6 is 11.8 Å². The summed E-state index contributed by atoms with van der Waals surface area (Å²) in [6.45, 7) is 6.28. The molecule has 2 heteroatoms. The quantitative estimate of drug-likeness (QED) is 0.640. The molecule has 11 heavy (non-hydrogen) atoms. The van der Waals surface area contributed by atoms with Crippen molar-refractivity contribution < 1.29 is 5.11 Å². The van der Waals surface area contributed by atoms with Gasteiger partial charge in [-0.2, -0.15) is 0 Å². The van der Waals surface area contributed by atoms with E-state index >= 15 is 0 Å². The van der Waals surface area contributed by atoms with Gasteiger partial charge in [0.15, 0.2) is 0 Å². The van der Waals surface area contributed by atoms with Gasteiger partial charge in [-0.1, -0.05) is 26.7 Å². The molecule has 0 bridgehead atoms. The highest BCUT2D eigenvalue weighted by Crippen LogP contribution is 2.30. The summed E-state index contributed by atoms with van der Waals surface area (Å²) in [4.78, 5) is 0.847. The highest BCUT2D eigenvalue weighted by molar-refractivity contribution is 8.04. The molecule has 0 saturated carbocycles. The summed E-state index contributed by atoms with van der Waals surface area (Å²) in [5.41, 5.74) is 0. The molecule has 0 aromatic rings. The Morgan fingerprint density at radius 2 is 2.18 bits per heavy atom. The summed E-state index contributed by atoms with van der Waals surface area (Å²) >= 11 is 1.60. The highest BCUT2D eigenvalue weighted by atomic mass is 32.2. The molecule has 0 spiro atoms. The van der Waals surface area contributed by atoms with Crippen LogP contribution in [-0.4, -0.2) is 16.5 Å². The Balaban J connectivity index is 4.13. The lowest BCUT2D eigenvalue weighted by molar-refractivity contribution is 0.339. The van der Waals surface area contributed by atoms with Crippen molar-refractivity contribution in [2.24, 2.45) is 0 Å². The van der Waals surface area contributed by atoms with Gasteiger partial charge in [0.05, 0.1) is 6.61 Å². The van der Waals surface area contributed by atoms with Crippen LogP contribution in [0, 0.1) is 12.3 Å². The van der Waals surface area contributed by atoms with Crippen molar-refractivity contribution in [1.82, 2.24) is 0 Å². The zero-order chi connectivity index (χ0) is 8.91. The minimum absolute atomic E-state index is 0.0339. The van der Waals surface area contributed by atoms with Crippen molar-refractivity contribution >= 4 is 11.8 Å². The number of allylic oxidation sites excluding steroid dienone is 1. The lowest BCUT2D eigenvalue weighted by atomic mass is 10.3. The fraction of sp³-hybridized carbons (Fsp3) is 0.556. The summed E-state index contributed by atoms with van der Waals surface area (Å²) in [6.07, 6.45) is 6.68. The van der Waals surface area contributed by atoms with E-state index in [2.05, 4.69) is 26.7 Å². The molecule has 0 unspecified atom stereocenters. The number of hydrogen-bond donors (Lipinski definition) is 1. The molecule has 1 nitrogen and oxygen atoms in total. The van der Waals surface area contributed by atoms with Crippen LogP contribution in [0.15, 0.2) is 11.0 Å². The van der Waals surface area contributed by atoms with E-state index in [1.807, 2.05) is 0 Å². The SMILES string of the molecule is C#CC=C(CO)SC(C)(C)C. The van der Waals surface area contributed by atoms with Crippen LogP contribution in [0.3, 0.4) is 0 Å². The summed E-state index contributed by atoms with van der Waals surface area (Å²) in [5.74, 6) is 2.40. The monoisotopic (exact) mass is 170 g/mol. The first kappa shape index (κ1) is 10.6. The molecular weight excluding hydrogens is 156 g/mol. The lowest BCUT2D eigenvalue weighted by Gasteiger charge is -2.17. The van der Waals surface area contributed by atoms with E-state index < -0.39 is 0 Å². The van der Waals surface area contributed by atoms with E-state index in [9.17, 15) is 0 Å². The molecule has 1 N–H and O–H groups in total. The van der Waals surface area contributed by atoms with Crippen LogP contribution in [0.25, 0.3) is 0 Å². The average molecular weight is 170 g/mol. The zero-order valence-corrected chi connectivity index (χ0v) is 8.03. The largest absolute Gasteiger partial charge is 0.391 e. The fourth-order valence-corrected chi connectivity index (χ4v) is 1.57. The summed E-state index contributed by atoms with van der Waals surface area (Å²) in [6, 6.07) is 0. The Morgan fingerprint density at radius 1 is 1.64 bits per heavy atom. The first-order valence-electron chi connectivity index (χ1n) is 3.44. The Labute approximate surface area is 72.9 Å². The van der Waals surface area contributed by atoms with Crippen LogP contribution in [0.4, 0.5) is 0 Å². The highest BCUT2D eigenvalue weighted by Gasteiger charge is 2.12. The maximum atomic E-state index is 8.84. The van der Waals surface area contributed by atoms with Gasteiger partial charge in [0.1, 0.15) is 0 Å². The predicted molar refractivity (Wildman–Crippen MR) is 51.3 cm³/mol. The molecule has 0 aromatic heterocycles.